The van der Waals surface area contributed by atoms with Crippen molar-refractivity contribution in [2.75, 3.05) is 13.1 Å². The van der Waals surface area contributed by atoms with Gasteiger partial charge in [0.2, 0.25) is 0 Å². The van der Waals surface area contributed by atoms with E-state index >= 15 is 0 Å². The lowest BCUT2D eigenvalue weighted by atomic mass is 10.2. The molecule has 1 aliphatic heterocycles. The Hall–Kier alpha value is -0.140. The fourth-order valence-corrected chi connectivity index (χ4v) is 2.50. The van der Waals surface area contributed by atoms with Crippen molar-refractivity contribution in [3.63, 3.8) is 0 Å². The van der Waals surface area contributed by atoms with Crippen LogP contribution in [-0.4, -0.2) is 29.9 Å². The standard InChI is InChI=1S/C11H12BrIN2O/c12-9-5-7(1-2-10(9)13)11(16)15-4-3-8(14)6-15/h1-2,5,8H,3-4,6,14H2/t8-/m0/s1. The van der Waals surface area contributed by atoms with Crippen LogP contribution in [0.25, 0.3) is 0 Å². The van der Waals surface area contributed by atoms with Crippen molar-refractivity contribution < 1.29 is 4.79 Å². The molecule has 1 atom stereocenters. The highest BCUT2D eigenvalue weighted by molar-refractivity contribution is 14.1. The van der Waals surface area contributed by atoms with Crippen LogP contribution >= 0.6 is 38.5 Å². The van der Waals surface area contributed by atoms with Crippen molar-refractivity contribution in [2.45, 2.75) is 12.5 Å². The van der Waals surface area contributed by atoms with Gasteiger partial charge >= 0.3 is 0 Å². The van der Waals surface area contributed by atoms with Crippen LogP contribution in [0.4, 0.5) is 0 Å². The van der Waals surface area contributed by atoms with E-state index in [1.807, 2.05) is 23.1 Å². The fraction of sp³-hybridized carbons (Fsp3) is 0.364. The third-order valence-corrected chi connectivity index (χ3v) is 5.02. The Morgan fingerprint density at radius 3 is 2.88 bits per heavy atom. The van der Waals surface area contributed by atoms with Crippen molar-refractivity contribution in [2.24, 2.45) is 5.73 Å². The van der Waals surface area contributed by atoms with Crippen LogP contribution in [0.1, 0.15) is 16.8 Å². The van der Waals surface area contributed by atoms with E-state index in [-0.39, 0.29) is 11.9 Å². The fourth-order valence-electron chi connectivity index (χ4n) is 1.78. The molecule has 1 fully saturated rings. The summed E-state index contributed by atoms with van der Waals surface area (Å²) >= 11 is 5.66. The van der Waals surface area contributed by atoms with Crippen LogP contribution in [0.5, 0.6) is 0 Å². The summed E-state index contributed by atoms with van der Waals surface area (Å²) in [5.74, 6) is 0.0741. The van der Waals surface area contributed by atoms with Crippen LogP contribution in [0.15, 0.2) is 22.7 Å². The number of nitrogens with zero attached hydrogens (tertiary/aromatic N) is 1. The summed E-state index contributed by atoms with van der Waals surface area (Å²) < 4.78 is 2.06. The average molecular weight is 395 g/mol. The molecule has 1 aromatic carbocycles. The van der Waals surface area contributed by atoms with E-state index in [0.29, 0.717) is 6.54 Å². The van der Waals surface area contributed by atoms with E-state index in [9.17, 15) is 4.79 Å². The second-order valence-corrected chi connectivity index (χ2v) is 5.95. The molecule has 1 aromatic rings. The molecule has 0 radical (unpaired) electrons. The molecule has 86 valence electrons. The summed E-state index contributed by atoms with van der Waals surface area (Å²) in [5, 5.41) is 0. The van der Waals surface area contributed by atoms with E-state index in [2.05, 4.69) is 38.5 Å². The van der Waals surface area contributed by atoms with Crippen molar-refractivity contribution in [3.8, 4) is 0 Å². The van der Waals surface area contributed by atoms with Crippen molar-refractivity contribution in [1.29, 1.82) is 0 Å². The summed E-state index contributed by atoms with van der Waals surface area (Å²) in [4.78, 5) is 13.9. The van der Waals surface area contributed by atoms with E-state index in [1.165, 1.54) is 0 Å². The summed E-state index contributed by atoms with van der Waals surface area (Å²) in [6.45, 7) is 1.44. The molecule has 0 saturated carbocycles. The lowest BCUT2D eigenvalue weighted by molar-refractivity contribution is 0.0791. The highest BCUT2D eigenvalue weighted by atomic mass is 127. The second kappa shape index (κ2) is 5.01. The number of hydrogen-bond donors (Lipinski definition) is 1. The van der Waals surface area contributed by atoms with Gasteiger partial charge in [0, 0.05) is 32.7 Å². The largest absolute Gasteiger partial charge is 0.337 e. The first-order valence-electron chi connectivity index (χ1n) is 5.08. The van der Waals surface area contributed by atoms with Gasteiger partial charge in [-0.05, 0) is 63.1 Å². The lowest BCUT2D eigenvalue weighted by Gasteiger charge is -2.16. The topological polar surface area (TPSA) is 46.3 Å². The molecule has 3 nitrogen and oxygen atoms in total. The van der Waals surface area contributed by atoms with Gasteiger partial charge in [-0.3, -0.25) is 4.79 Å². The van der Waals surface area contributed by atoms with Crippen LogP contribution in [-0.2, 0) is 0 Å². The first-order valence-corrected chi connectivity index (χ1v) is 6.95. The SMILES string of the molecule is N[C@H]1CCN(C(=O)c2ccc(I)c(Br)c2)C1. The first-order chi connectivity index (χ1) is 7.58. The molecular formula is C11H12BrIN2O. The summed E-state index contributed by atoms with van der Waals surface area (Å²) in [5.41, 5.74) is 6.51. The minimum absolute atomic E-state index is 0.0741. The van der Waals surface area contributed by atoms with Gasteiger partial charge in [0.05, 0.1) is 0 Å². The van der Waals surface area contributed by atoms with Gasteiger partial charge in [0.1, 0.15) is 0 Å². The van der Waals surface area contributed by atoms with Gasteiger partial charge < -0.3 is 10.6 Å². The van der Waals surface area contributed by atoms with Crippen LogP contribution in [0, 0.1) is 3.57 Å². The molecular weight excluding hydrogens is 383 g/mol. The Kier molecular flexibility index (Phi) is 3.86. The predicted molar refractivity (Wildman–Crippen MR) is 75.4 cm³/mol. The highest BCUT2D eigenvalue weighted by Gasteiger charge is 2.24. The number of likely N-dealkylation sites (tertiary alicyclic amines) is 1. The predicted octanol–water partition coefficient (Wildman–Crippen LogP) is 2.23. The Morgan fingerprint density at radius 1 is 1.56 bits per heavy atom. The minimum Gasteiger partial charge on any atom is -0.337 e. The second-order valence-electron chi connectivity index (χ2n) is 3.93. The summed E-state index contributed by atoms with van der Waals surface area (Å²) in [6.07, 6.45) is 0.900. The monoisotopic (exact) mass is 394 g/mol. The molecule has 2 rings (SSSR count). The molecule has 1 aliphatic rings. The normalized spacial score (nSPS) is 20.2. The Balaban J connectivity index is 2.18. The molecule has 0 aliphatic carbocycles. The minimum atomic E-state index is 0.0741. The maximum absolute atomic E-state index is 12.1. The van der Waals surface area contributed by atoms with Gasteiger partial charge in [-0.2, -0.15) is 0 Å². The molecule has 0 aromatic heterocycles. The Morgan fingerprint density at radius 2 is 2.31 bits per heavy atom. The number of halogens is 2. The number of rotatable bonds is 1. The number of amides is 1. The smallest absolute Gasteiger partial charge is 0.253 e. The third kappa shape index (κ3) is 2.57. The average Bonchev–Trinajstić information content (AvgIpc) is 2.68. The quantitative estimate of drug-likeness (QED) is 0.742. The Labute approximate surface area is 117 Å². The highest BCUT2D eigenvalue weighted by Crippen LogP contribution is 2.22. The molecule has 0 spiro atoms. The first kappa shape index (κ1) is 12.3. The maximum atomic E-state index is 12.1. The van der Waals surface area contributed by atoms with E-state index < -0.39 is 0 Å². The van der Waals surface area contributed by atoms with Crippen molar-refractivity contribution in [3.05, 3.63) is 31.8 Å². The molecule has 2 N–H and O–H groups in total. The number of nitrogens with two attached hydrogens (primary N) is 1. The number of carbonyl (C=O) groups excluding carboxylic acids is 1. The van der Waals surface area contributed by atoms with Gasteiger partial charge in [-0.25, -0.2) is 0 Å². The number of hydrogen-bond acceptors (Lipinski definition) is 2. The van der Waals surface area contributed by atoms with Gasteiger partial charge in [0.25, 0.3) is 5.91 Å². The van der Waals surface area contributed by atoms with Crippen molar-refractivity contribution in [1.82, 2.24) is 4.90 Å². The summed E-state index contributed by atoms with van der Waals surface area (Å²) in [7, 11) is 0. The zero-order valence-electron chi connectivity index (χ0n) is 8.62. The Bertz CT molecular complexity index is 424. The van der Waals surface area contributed by atoms with Gasteiger partial charge in [-0.15, -0.1) is 0 Å². The van der Waals surface area contributed by atoms with E-state index in [0.717, 1.165) is 26.6 Å². The van der Waals surface area contributed by atoms with Crippen LogP contribution < -0.4 is 5.73 Å². The molecule has 1 amide bonds. The van der Waals surface area contributed by atoms with Crippen molar-refractivity contribution >= 4 is 44.4 Å². The van der Waals surface area contributed by atoms with Gasteiger partial charge in [-0.1, -0.05) is 0 Å². The van der Waals surface area contributed by atoms with E-state index in [4.69, 9.17) is 5.73 Å². The summed E-state index contributed by atoms with van der Waals surface area (Å²) in [6, 6.07) is 5.80. The van der Waals surface area contributed by atoms with Crippen LogP contribution in [0.2, 0.25) is 0 Å². The number of benzene rings is 1. The molecule has 5 heteroatoms. The molecule has 0 bridgehead atoms. The zero-order valence-corrected chi connectivity index (χ0v) is 12.4. The van der Waals surface area contributed by atoms with Crippen LogP contribution in [0.3, 0.4) is 0 Å². The third-order valence-electron chi connectivity index (χ3n) is 2.68. The van der Waals surface area contributed by atoms with Gasteiger partial charge in [0.15, 0.2) is 0 Å². The zero-order chi connectivity index (χ0) is 11.7. The maximum Gasteiger partial charge on any atom is 0.253 e. The molecule has 16 heavy (non-hydrogen) atoms. The number of carbonyl (C=O) groups is 1. The molecule has 1 heterocycles. The molecule has 1 saturated heterocycles. The van der Waals surface area contributed by atoms with E-state index in [1.54, 1.807) is 0 Å². The lowest BCUT2D eigenvalue weighted by Crippen LogP contribution is -2.31. The molecule has 0 unspecified atom stereocenters.